The minimum atomic E-state index is -3.37. The van der Waals surface area contributed by atoms with Gasteiger partial charge in [-0.25, -0.2) is 8.42 Å². The number of nitrogens with one attached hydrogen (secondary N) is 1. The Labute approximate surface area is 127 Å². The van der Waals surface area contributed by atoms with Crippen LogP contribution in [0.1, 0.15) is 38.2 Å². The largest absolute Gasteiger partial charge is 0.384 e. The summed E-state index contributed by atoms with van der Waals surface area (Å²) in [6, 6.07) is 5.62. The van der Waals surface area contributed by atoms with E-state index in [0.29, 0.717) is 4.90 Å². The minimum Gasteiger partial charge on any atom is -0.384 e. The quantitative estimate of drug-likeness (QED) is 0.934. The fraction of sp³-hybridized carbons (Fsp3) is 0.625. The molecule has 1 heterocycles. The molecule has 0 bridgehead atoms. The van der Waals surface area contributed by atoms with Gasteiger partial charge in [0.05, 0.1) is 4.90 Å². The van der Waals surface area contributed by atoms with E-state index in [9.17, 15) is 8.42 Å². The third kappa shape index (κ3) is 2.81. The molecule has 3 rings (SSSR count). The molecule has 0 amide bonds. The zero-order valence-corrected chi connectivity index (χ0v) is 13.6. The lowest BCUT2D eigenvalue weighted by Gasteiger charge is -2.32. The van der Waals surface area contributed by atoms with E-state index in [2.05, 4.69) is 12.2 Å². The molecule has 4 nitrogen and oxygen atoms in total. The summed E-state index contributed by atoms with van der Waals surface area (Å²) in [5.74, 6) is 0.725. The lowest BCUT2D eigenvalue weighted by atomic mass is 9.87. The smallest absolute Gasteiger partial charge is 0.243 e. The first-order chi connectivity index (χ1) is 9.98. The van der Waals surface area contributed by atoms with E-state index in [1.165, 1.54) is 0 Å². The third-order valence-corrected chi connectivity index (χ3v) is 6.87. The van der Waals surface area contributed by atoms with E-state index in [1.54, 1.807) is 17.4 Å². The maximum absolute atomic E-state index is 12.8. The van der Waals surface area contributed by atoms with Gasteiger partial charge in [-0.05, 0) is 61.8 Å². The van der Waals surface area contributed by atoms with Crippen molar-refractivity contribution in [2.45, 2.75) is 50.0 Å². The van der Waals surface area contributed by atoms with E-state index >= 15 is 0 Å². The van der Waals surface area contributed by atoms with Crippen molar-refractivity contribution in [1.82, 2.24) is 4.31 Å². The first kappa shape index (κ1) is 14.9. The van der Waals surface area contributed by atoms with Crippen LogP contribution in [-0.4, -0.2) is 32.4 Å². The number of hydrogen-bond acceptors (Lipinski definition) is 3. The van der Waals surface area contributed by atoms with Gasteiger partial charge < -0.3 is 5.32 Å². The van der Waals surface area contributed by atoms with Crippen molar-refractivity contribution in [1.29, 1.82) is 0 Å². The summed E-state index contributed by atoms with van der Waals surface area (Å²) in [6.07, 6.45) is 5.10. The molecule has 5 heteroatoms. The molecule has 0 saturated heterocycles. The first-order valence-corrected chi connectivity index (χ1v) is 9.27. The van der Waals surface area contributed by atoms with E-state index < -0.39 is 10.0 Å². The molecule has 21 heavy (non-hydrogen) atoms. The molecule has 0 radical (unpaired) electrons. The Hall–Kier alpha value is -1.07. The van der Waals surface area contributed by atoms with Gasteiger partial charge in [0.15, 0.2) is 0 Å². The SMILES string of the molecule is CC1CCC(N(C)S(=O)(=O)c2ccc3c(c2)CCN3)CC1. The van der Waals surface area contributed by atoms with Crippen LogP contribution in [0, 0.1) is 5.92 Å². The zero-order chi connectivity index (χ0) is 15.0. The van der Waals surface area contributed by atoms with Gasteiger partial charge in [0.25, 0.3) is 0 Å². The number of hydrogen-bond donors (Lipinski definition) is 1. The molecule has 0 unspecified atom stereocenters. The molecule has 116 valence electrons. The predicted octanol–water partition coefficient (Wildman–Crippen LogP) is 2.85. The van der Waals surface area contributed by atoms with Crippen LogP contribution in [0.5, 0.6) is 0 Å². The number of rotatable bonds is 3. The maximum atomic E-state index is 12.8. The second-order valence-corrected chi connectivity index (χ2v) is 8.43. The highest BCUT2D eigenvalue weighted by molar-refractivity contribution is 7.89. The van der Waals surface area contributed by atoms with Gasteiger partial charge in [-0.1, -0.05) is 6.92 Å². The summed E-state index contributed by atoms with van der Waals surface area (Å²) in [5, 5.41) is 3.27. The van der Waals surface area contributed by atoms with Crippen LogP contribution >= 0.6 is 0 Å². The molecule has 1 aromatic rings. The molecule has 2 aliphatic rings. The van der Waals surface area contributed by atoms with Crippen LogP contribution in [0.15, 0.2) is 23.1 Å². The zero-order valence-electron chi connectivity index (χ0n) is 12.8. The highest BCUT2D eigenvalue weighted by atomic mass is 32.2. The molecular formula is C16H24N2O2S. The van der Waals surface area contributed by atoms with Gasteiger partial charge in [-0.3, -0.25) is 0 Å². The Bertz CT molecular complexity index is 619. The van der Waals surface area contributed by atoms with Crippen molar-refractivity contribution >= 4 is 15.7 Å². The third-order valence-electron chi connectivity index (χ3n) is 4.96. The van der Waals surface area contributed by atoms with Gasteiger partial charge in [-0.2, -0.15) is 4.31 Å². The van der Waals surface area contributed by atoms with E-state index in [4.69, 9.17) is 0 Å². The fourth-order valence-corrected chi connectivity index (χ4v) is 4.88. The van der Waals surface area contributed by atoms with Crippen LogP contribution < -0.4 is 5.32 Å². The Morgan fingerprint density at radius 3 is 2.62 bits per heavy atom. The molecule has 1 aliphatic heterocycles. The highest BCUT2D eigenvalue weighted by Gasteiger charge is 2.31. The lowest BCUT2D eigenvalue weighted by molar-refractivity contribution is 0.246. The van der Waals surface area contributed by atoms with Crippen LogP contribution in [-0.2, 0) is 16.4 Å². The van der Waals surface area contributed by atoms with Gasteiger partial charge >= 0.3 is 0 Å². The lowest BCUT2D eigenvalue weighted by Crippen LogP contribution is -2.39. The van der Waals surface area contributed by atoms with Crippen molar-refractivity contribution < 1.29 is 8.42 Å². The Morgan fingerprint density at radius 2 is 1.90 bits per heavy atom. The summed E-state index contributed by atoms with van der Waals surface area (Å²) in [5.41, 5.74) is 2.19. The second-order valence-electron chi connectivity index (χ2n) is 6.43. The molecule has 0 aromatic heterocycles. The number of fused-ring (bicyclic) bond motifs is 1. The minimum absolute atomic E-state index is 0.151. The molecule has 1 saturated carbocycles. The molecule has 0 atom stereocenters. The number of nitrogens with zero attached hydrogens (tertiary/aromatic N) is 1. The molecular weight excluding hydrogens is 284 g/mol. The summed E-state index contributed by atoms with van der Waals surface area (Å²) in [4.78, 5) is 0.436. The van der Waals surface area contributed by atoms with Crippen LogP contribution in [0.25, 0.3) is 0 Å². The predicted molar refractivity (Wildman–Crippen MR) is 85.0 cm³/mol. The molecule has 1 fully saturated rings. The average Bonchev–Trinajstić information content (AvgIpc) is 2.94. The summed E-state index contributed by atoms with van der Waals surface area (Å²) in [7, 11) is -1.63. The molecule has 1 aliphatic carbocycles. The average molecular weight is 308 g/mol. The maximum Gasteiger partial charge on any atom is 0.243 e. The highest BCUT2D eigenvalue weighted by Crippen LogP contribution is 2.31. The topological polar surface area (TPSA) is 49.4 Å². The van der Waals surface area contributed by atoms with Crippen LogP contribution in [0.4, 0.5) is 5.69 Å². The van der Waals surface area contributed by atoms with E-state index in [0.717, 1.165) is 55.8 Å². The number of sulfonamides is 1. The summed E-state index contributed by atoms with van der Waals surface area (Å²) in [6.45, 7) is 3.15. The summed E-state index contributed by atoms with van der Waals surface area (Å²) < 4.78 is 27.2. The summed E-state index contributed by atoms with van der Waals surface area (Å²) >= 11 is 0. The molecule has 1 N–H and O–H groups in total. The Kier molecular flexibility index (Phi) is 3.97. The van der Waals surface area contributed by atoms with Crippen molar-refractivity contribution in [3.05, 3.63) is 23.8 Å². The number of benzene rings is 1. The molecule has 1 aromatic carbocycles. The van der Waals surface area contributed by atoms with E-state index in [-0.39, 0.29) is 6.04 Å². The standard InChI is InChI=1S/C16H24N2O2S/c1-12-3-5-14(6-4-12)18(2)21(19,20)15-7-8-16-13(11-15)9-10-17-16/h7-8,11-12,14,17H,3-6,9-10H2,1-2H3. The normalized spacial score (nSPS) is 25.7. The second kappa shape index (κ2) is 5.61. The van der Waals surface area contributed by atoms with Gasteiger partial charge in [0.2, 0.25) is 10.0 Å². The van der Waals surface area contributed by atoms with E-state index in [1.807, 2.05) is 12.1 Å². The van der Waals surface area contributed by atoms with Crippen LogP contribution in [0.3, 0.4) is 0 Å². The Balaban J connectivity index is 1.82. The van der Waals surface area contributed by atoms with Gasteiger partial charge in [-0.15, -0.1) is 0 Å². The molecule has 0 spiro atoms. The first-order valence-electron chi connectivity index (χ1n) is 7.83. The monoisotopic (exact) mass is 308 g/mol. The van der Waals surface area contributed by atoms with Crippen molar-refractivity contribution in [2.75, 3.05) is 18.9 Å². The van der Waals surface area contributed by atoms with Gasteiger partial charge in [0.1, 0.15) is 0 Å². The Morgan fingerprint density at radius 1 is 1.19 bits per heavy atom. The van der Waals surface area contributed by atoms with Crippen molar-refractivity contribution in [3.63, 3.8) is 0 Å². The number of anilines is 1. The van der Waals surface area contributed by atoms with Gasteiger partial charge in [0, 0.05) is 25.3 Å². The van der Waals surface area contributed by atoms with Crippen LogP contribution in [0.2, 0.25) is 0 Å². The van der Waals surface area contributed by atoms with Crippen molar-refractivity contribution in [2.24, 2.45) is 5.92 Å². The fourth-order valence-electron chi connectivity index (χ4n) is 3.41. The van der Waals surface area contributed by atoms with Crippen molar-refractivity contribution in [3.8, 4) is 0 Å².